The number of amides is 1. The van der Waals surface area contributed by atoms with Crippen LogP contribution in [0.1, 0.15) is 31.5 Å². The maximum absolute atomic E-state index is 12.0. The minimum absolute atomic E-state index is 0.0288. The third kappa shape index (κ3) is 3.82. The first-order chi connectivity index (χ1) is 11.2. The number of thioether (sulfide) groups is 1. The molecule has 1 fully saturated rings. The molecule has 0 radical (unpaired) electrons. The van der Waals surface area contributed by atoms with Crippen molar-refractivity contribution >= 4 is 17.7 Å². The first-order valence-electron chi connectivity index (χ1n) is 7.76. The number of carbonyl (C=O) groups is 1. The van der Waals surface area contributed by atoms with E-state index < -0.39 is 0 Å². The molecule has 6 heteroatoms. The zero-order valence-electron chi connectivity index (χ0n) is 13.1. The summed E-state index contributed by atoms with van der Waals surface area (Å²) in [6, 6.07) is 10.0. The number of hydrogen-bond acceptors (Lipinski definition) is 4. The molecule has 1 atom stereocenters. The van der Waals surface area contributed by atoms with E-state index in [1.165, 1.54) is 11.8 Å². The van der Waals surface area contributed by atoms with E-state index in [1.54, 1.807) is 6.08 Å². The molecule has 0 aliphatic heterocycles. The highest BCUT2D eigenvalue weighted by Crippen LogP contribution is 2.40. The summed E-state index contributed by atoms with van der Waals surface area (Å²) < 4.78 is 1.91. The summed E-state index contributed by atoms with van der Waals surface area (Å²) in [5, 5.41) is 7.82. The van der Waals surface area contributed by atoms with Crippen molar-refractivity contribution < 1.29 is 4.79 Å². The molecule has 0 unspecified atom stereocenters. The lowest BCUT2D eigenvalue weighted by atomic mass is 10.3. The molecule has 5 nitrogen and oxygen atoms in total. The topological polar surface area (TPSA) is 59.8 Å². The van der Waals surface area contributed by atoms with Crippen molar-refractivity contribution in [2.24, 2.45) is 0 Å². The first-order valence-corrected chi connectivity index (χ1v) is 8.64. The van der Waals surface area contributed by atoms with Gasteiger partial charge in [0.25, 0.3) is 0 Å². The van der Waals surface area contributed by atoms with Gasteiger partial charge in [0, 0.05) is 12.5 Å². The lowest BCUT2D eigenvalue weighted by molar-refractivity contribution is -0.120. The van der Waals surface area contributed by atoms with Crippen molar-refractivity contribution in [3.8, 4) is 5.69 Å². The van der Waals surface area contributed by atoms with E-state index in [0.29, 0.717) is 17.6 Å². The maximum Gasteiger partial charge on any atom is 0.233 e. The summed E-state index contributed by atoms with van der Waals surface area (Å²) >= 11 is 1.39. The molecule has 23 heavy (non-hydrogen) atoms. The number of carbonyl (C=O) groups excluding carboxylic acids is 1. The summed E-state index contributed by atoms with van der Waals surface area (Å²) in [4.78, 5) is 16.6. The molecule has 1 saturated carbocycles. The Morgan fingerprint density at radius 3 is 2.87 bits per heavy atom. The molecule has 2 aromatic rings. The highest BCUT2D eigenvalue weighted by Gasteiger charge is 2.31. The number of hydrogen-bond donors (Lipinski definition) is 1. The van der Waals surface area contributed by atoms with Gasteiger partial charge in [-0.2, -0.15) is 0 Å². The van der Waals surface area contributed by atoms with E-state index in [-0.39, 0.29) is 11.2 Å². The second kappa shape index (κ2) is 7.00. The van der Waals surface area contributed by atoms with Crippen molar-refractivity contribution in [2.45, 2.75) is 36.1 Å². The first kappa shape index (κ1) is 15.8. The van der Waals surface area contributed by atoms with E-state index in [4.69, 9.17) is 0 Å². The molecular weight excluding hydrogens is 308 g/mol. The Kier molecular flexibility index (Phi) is 4.81. The highest BCUT2D eigenvalue weighted by atomic mass is 32.2. The monoisotopic (exact) mass is 328 g/mol. The molecule has 1 N–H and O–H groups in total. The van der Waals surface area contributed by atoms with Gasteiger partial charge in [-0.1, -0.05) is 36.0 Å². The van der Waals surface area contributed by atoms with Crippen LogP contribution in [0.4, 0.5) is 0 Å². The van der Waals surface area contributed by atoms with Gasteiger partial charge in [-0.15, -0.1) is 11.7 Å². The Balaban J connectivity index is 1.78. The van der Waals surface area contributed by atoms with Crippen LogP contribution in [0.15, 0.2) is 48.1 Å². The molecule has 1 aromatic carbocycles. The van der Waals surface area contributed by atoms with Crippen molar-refractivity contribution in [1.82, 2.24) is 20.1 Å². The van der Waals surface area contributed by atoms with Gasteiger partial charge in [0.15, 0.2) is 0 Å². The minimum Gasteiger partial charge on any atom is -0.352 e. The molecule has 1 aromatic heterocycles. The number of nitrogens with zero attached hydrogens (tertiary/aromatic N) is 3. The molecule has 3 rings (SSSR count). The number of benzene rings is 1. The van der Waals surface area contributed by atoms with Gasteiger partial charge in [-0.25, -0.2) is 9.67 Å². The lowest BCUT2D eigenvalue weighted by Crippen LogP contribution is -2.30. The fraction of sp³-hybridized carbons (Fsp3) is 0.353. The summed E-state index contributed by atoms with van der Waals surface area (Å²) in [5.41, 5.74) is 1.01. The Morgan fingerprint density at radius 2 is 2.22 bits per heavy atom. The summed E-state index contributed by atoms with van der Waals surface area (Å²) in [5.74, 6) is 1.46. The molecule has 0 spiro atoms. The summed E-state index contributed by atoms with van der Waals surface area (Å²) in [6.45, 7) is 5.94. The van der Waals surface area contributed by atoms with Gasteiger partial charge in [0.1, 0.15) is 5.82 Å². The Morgan fingerprint density at radius 1 is 1.48 bits per heavy atom. The zero-order chi connectivity index (χ0) is 16.2. The van der Waals surface area contributed by atoms with Crippen LogP contribution >= 0.6 is 11.8 Å². The van der Waals surface area contributed by atoms with Gasteiger partial charge >= 0.3 is 0 Å². The largest absolute Gasteiger partial charge is 0.352 e. The second-order valence-electron chi connectivity index (χ2n) is 5.57. The van der Waals surface area contributed by atoms with Crippen molar-refractivity contribution in [2.75, 3.05) is 6.54 Å². The average molecular weight is 328 g/mol. The van der Waals surface area contributed by atoms with Gasteiger partial charge in [0.05, 0.1) is 10.9 Å². The van der Waals surface area contributed by atoms with Crippen molar-refractivity contribution in [1.29, 1.82) is 0 Å². The molecule has 1 aliphatic rings. The quantitative estimate of drug-likeness (QED) is 0.627. The van der Waals surface area contributed by atoms with Crippen LogP contribution in [0.3, 0.4) is 0 Å². The van der Waals surface area contributed by atoms with Crippen molar-refractivity contribution in [3.63, 3.8) is 0 Å². The van der Waals surface area contributed by atoms with Gasteiger partial charge in [-0.05, 0) is 31.9 Å². The average Bonchev–Trinajstić information content (AvgIpc) is 3.34. The predicted molar refractivity (Wildman–Crippen MR) is 91.9 cm³/mol. The highest BCUT2D eigenvalue weighted by molar-refractivity contribution is 8.00. The van der Waals surface area contributed by atoms with Crippen LogP contribution in [-0.4, -0.2) is 32.5 Å². The molecule has 120 valence electrons. The molecule has 0 saturated heterocycles. The number of rotatable bonds is 7. The standard InChI is InChI=1S/C17H20N4OS/c1-3-11-18-16(22)12(2)23-17-19-15(13-9-10-13)21(20-17)14-7-5-4-6-8-14/h3-8,12-13H,1,9-11H2,2H3,(H,18,22)/t12-/m0/s1. The molecule has 1 heterocycles. The van der Waals surface area contributed by atoms with Crippen LogP contribution in [0.25, 0.3) is 5.69 Å². The summed E-state index contributed by atoms with van der Waals surface area (Å²) in [7, 11) is 0. The molecule has 1 amide bonds. The maximum atomic E-state index is 12.0. The second-order valence-corrected chi connectivity index (χ2v) is 6.88. The minimum atomic E-state index is -0.242. The Labute approximate surface area is 140 Å². The van der Waals surface area contributed by atoms with Crippen LogP contribution in [-0.2, 0) is 4.79 Å². The number of nitrogens with one attached hydrogen (secondary N) is 1. The van der Waals surface area contributed by atoms with Crippen LogP contribution < -0.4 is 5.32 Å². The van der Waals surface area contributed by atoms with E-state index in [9.17, 15) is 4.79 Å². The fourth-order valence-electron chi connectivity index (χ4n) is 2.25. The van der Waals surface area contributed by atoms with E-state index in [0.717, 1.165) is 24.4 Å². The van der Waals surface area contributed by atoms with Crippen molar-refractivity contribution in [3.05, 3.63) is 48.8 Å². The molecule has 1 aliphatic carbocycles. The fourth-order valence-corrected chi connectivity index (χ4v) is 3.03. The SMILES string of the molecule is C=CCNC(=O)[C@H](C)Sc1nc(C2CC2)n(-c2ccccc2)n1. The van der Waals surface area contributed by atoms with Gasteiger partial charge in [0.2, 0.25) is 11.1 Å². The predicted octanol–water partition coefficient (Wildman–Crippen LogP) is 2.93. The third-order valence-electron chi connectivity index (χ3n) is 3.63. The molecule has 0 bridgehead atoms. The van der Waals surface area contributed by atoms with E-state index >= 15 is 0 Å². The smallest absolute Gasteiger partial charge is 0.233 e. The van der Waals surface area contributed by atoms with Gasteiger partial charge < -0.3 is 5.32 Å². The molecular formula is C17H20N4OS. The Hall–Kier alpha value is -2.08. The normalized spacial score (nSPS) is 15.2. The lowest BCUT2D eigenvalue weighted by Gasteiger charge is -2.08. The number of para-hydroxylation sites is 1. The van der Waals surface area contributed by atoms with Crippen LogP contribution in [0.2, 0.25) is 0 Å². The third-order valence-corrected chi connectivity index (χ3v) is 4.58. The summed E-state index contributed by atoms with van der Waals surface area (Å²) in [6.07, 6.45) is 3.98. The zero-order valence-corrected chi connectivity index (χ0v) is 13.9. The Bertz CT molecular complexity index is 694. The number of aromatic nitrogens is 3. The van der Waals surface area contributed by atoms with Gasteiger partial charge in [-0.3, -0.25) is 4.79 Å². The van der Waals surface area contributed by atoms with E-state index in [2.05, 4.69) is 22.0 Å². The van der Waals surface area contributed by atoms with Crippen LogP contribution in [0.5, 0.6) is 0 Å². The van der Waals surface area contributed by atoms with Crippen LogP contribution in [0, 0.1) is 0 Å². The van der Waals surface area contributed by atoms with E-state index in [1.807, 2.05) is 41.9 Å².